The van der Waals surface area contributed by atoms with E-state index in [0.717, 1.165) is 11.3 Å². The van der Waals surface area contributed by atoms with E-state index in [1.54, 1.807) is 11.3 Å². The van der Waals surface area contributed by atoms with Gasteiger partial charge in [0, 0.05) is 12.6 Å². The zero-order chi connectivity index (χ0) is 11.7. The monoisotopic (exact) mass is 251 g/mol. The standard InChI is InChI=1S/C11H13N3O2S/c12-8-3-4-15-6-7(8)11-13-10(14-16-11)9-2-1-5-17-9/h1-2,5,7-8H,3-4,6,12H2. The van der Waals surface area contributed by atoms with Crippen molar-refractivity contribution in [1.29, 1.82) is 0 Å². The molecule has 0 saturated carbocycles. The second-order valence-electron chi connectivity index (χ2n) is 4.07. The molecular formula is C11H13N3O2S. The van der Waals surface area contributed by atoms with Crippen molar-refractivity contribution >= 4 is 11.3 Å². The van der Waals surface area contributed by atoms with Gasteiger partial charge >= 0.3 is 0 Å². The molecule has 1 aliphatic rings. The molecule has 5 nitrogen and oxygen atoms in total. The lowest BCUT2D eigenvalue weighted by Gasteiger charge is -2.25. The first-order valence-corrected chi connectivity index (χ1v) is 6.43. The lowest BCUT2D eigenvalue weighted by molar-refractivity contribution is 0.0590. The molecule has 1 fully saturated rings. The van der Waals surface area contributed by atoms with E-state index in [9.17, 15) is 0 Å². The summed E-state index contributed by atoms with van der Waals surface area (Å²) in [5.41, 5.74) is 6.03. The van der Waals surface area contributed by atoms with Gasteiger partial charge in [0.25, 0.3) is 0 Å². The van der Waals surface area contributed by atoms with Crippen LogP contribution in [0.4, 0.5) is 0 Å². The number of aromatic nitrogens is 2. The molecule has 0 aliphatic carbocycles. The number of thiophene rings is 1. The number of hydrogen-bond acceptors (Lipinski definition) is 6. The van der Waals surface area contributed by atoms with E-state index in [1.807, 2.05) is 17.5 Å². The fourth-order valence-corrected chi connectivity index (χ4v) is 2.55. The summed E-state index contributed by atoms with van der Waals surface area (Å²) in [6.45, 7) is 1.27. The van der Waals surface area contributed by atoms with Crippen LogP contribution in [0, 0.1) is 0 Å². The molecule has 0 aromatic carbocycles. The van der Waals surface area contributed by atoms with Crippen molar-refractivity contribution < 1.29 is 9.26 Å². The van der Waals surface area contributed by atoms with Crippen LogP contribution >= 0.6 is 11.3 Å². The third-order valence-corrected chi connectivity index (χ3v) is 3.78. The molecule has 90 valence electrons. The van der Waals surface area contributed by atoms with Gasteiger partial charge in [-0.1, -0.05) is 11.2 Å². The van der Waals surface area contributed by atoms with Crippen molar-refractivity contribution in [3.05, 3.63) is 23.4 Å². The third kappa shape index (κ3) is 2.11. The highest BCUT2D eigenvalue weighted by molar-refractivity contribution is 7.13. The maximum atomic E-state index is 6.03. The molecule has 2 aromatic rings. The Morgan fingerprint density at radius 3 is 3.18 bits per heavy atom. The van der Waals surface area contributed by atoms with Gasteiger partial charge < -0.3 is 15.0 Å². The highest BCUT2D eigenvalue weighted by Crippen LogP contribution is 2.27. The second kappa shape index (κ2) is 4.56. The molecule has 2 atom stereocenters. The first-order valence-electron chi connectivity index (χ1n) is 5.55. The van der Waals surface area contributed by atoms with Crippen molar-refractivity contribution in [2.75, 3.05) is 13.2 Å². The van der Waals surface area contributed by atoms with Crippen molar-refractivity contribution in [2.45, 2.75) is 18.4 Å². The lowest BCUT2D eigenvalue weighted by atomic mass is 9.97. The molecule has 3 rings (SSSR count). The average molecular weight is 251 g/mol. The first kappa shape index (κ1) is 10.9. The van der Waals surface area contributed by atoms with Crippen molar-refractivity contribution in [2.24, 2.45) is 5.73 Å². The van der Waals surface area contributed by atoms with E-state index < -0.39 is 0 Å². The Kier molecular flexibility index (Phi) is 2.92. The minimum absolute atomic E-state index is 0.0185. The topological polar surface area (TPSA) is 74.2 Å². The van der Waals surface area contributed by atoms with Crippen LogP contribution in [0.5, 0.6) is 0 Å². The smallest absolute Gasteiger partial charge is 0.234 e. The summed E-state index contributed by atoms with van der Waals surface area (Å²) in [5, 5.41) is 5.97. The van der Waals surface area contributed by atoms with Crippen molar-refractivity contribution in [3.8, 4) is 10.7 Å². The van der Waals surface area contributed by atoms with Crippen molar-refractivity contribution in [1.82, 2.24) is 10.1 Å². The Labute approximate surface area is 103 Å². The zero-order valence-corrected chi connectivity index (χ0v) is 10.0. The summed E-state index contributed by atoms with van der Waals surface area (Å²) in [6, 6.07) is 3.97. The molecule has 2 aromatic heterocycles. The fraction of sp³-hybridized carbons (Fsp3) is 0.455. The van der Waals surface area contributed by atoms with Gasteiger partial charge in [-0.05, 0) is 17.9 Å². The summed E-state index contributed by atoms with van der Waals surface area (Å²) in [4.78, 5) is 5.40. The van der Waals surface area contributed by atoms with E-state index in [1.165, 1.54) is 0 Å². The molecular weight excluding hydrogens is 238 g/mol. The van der Waals surface area contributed by atoms with Crippen LogP contribution in [0.2, 0.25) is 0 Å². The average Bonchev–Trinajstić information content (AvgIpc) is 3.00. The lowest BCUT2D eigenvalue weighted by Crippen LogP contribution is -2.37. The van der Waals surface area contributed by atoms with Gasteiger partial charge in [0.15, 0.2) is 0 Å². The zero-order valence-electron chi connectivity index (χ0n) is 9.20. The van der Waals surface area contributed by atoms with Gasteiger partial charge in [-0.3, -0.25) is 0 Å². The Morgan fingerprint density at radius 2 is 2.41 bits per heavy atom. The quantitative estimate of drug-likeness (QED) is 0.878. The Balaban J connectivity index is 1.84. The normalized spacial score (nSPS) is 25.0. The summed E-state index contributed by atoms with van der Waals surface area (Å²) in [5.74, 6) is 1.23. The largest absolute Gasteiger partial charge is 0.381 e. The predicted molar refractivity (Wildman–Crippen MR) is 63.8 cm³/mol. The highest BCUT2D eigenvalue weighted by Gasteiger charge is 2.29. The van der Waals surface area contributed by atoms with Crippen LogP contribution in [0.3, 0.4) is 0 Å². The molecule has 0 bridgehead atoms. The first-order chi connectivity index (χ1) is 8.34. The number of nitrogens with zero attached hydrogens (tertiary/aromatic N) is 2. The SMILES string of the molecule is NC1CCOCC1c1nc(-c2cccs2)no1. The molecule has 1 saturated heterocycles. The van der Waals surface area contributed by atoms with E-state index >= 15 is 0 Å². The van der Waals surface area contributed by atoms with Gasteiger partial charge in [-0.2, -0.15) is 4.98 Å². The molecule has 6 heteroatoms. The molecule has 1 aliphatic heterocycles. The third-order valence-electron chi connectivity index (χ3n) is 2.91. The Hall–Kier alpha value is -1.24. The number of hydrogen-bond donors (Lipinski definition) is 1. The Morgan fingerprint density at radius 1 is 1.47 bits per heavy atom. The Bertz CT molecular complexity index is 483. The molecule has 0 spiro atoms. The highest BCUT2D eigenvalue weighted by atomic mass is 32.1. The summed E-state index contributed by atoms with van der Waals surface area (Å²) >= 11 is 1.59. The summed E-state index contributed by atoms with van der Waals surface area (Å²) in [7, 11) is 0. The van der Waals surface area contributed by atoms with Gasteiger partial charge in [-0.15, -0.1) is 11.3 Å². The number of rotatable bonds is 2. The molecule has 3 heterocycles. The maximum Gasteiger partial charge on any atom is 0.234 e. The van der Waals surface area contributed by atoms with Crippen LogP contribution in [0.1, 0.15) is 18.2 Å². The van der Waals surface area contributed by atoms with Gasteiger partial charge in [0.1, 0.15) is 0 Å². The molecule has 2 N–H and O–H groups in total. The van der Waals surface area contributed by atoms with Crippen LogP contribution < -0.4 is 5.73 Å². The second-order valence-corrected chi connectivity index (χ2v) is 5.02. The number of nitrogens with two attached hydrogens (primary N) is 1. The van der Waals surface area contributed by atoms with E-state index in [-0.39, 0.29) is 12.0 Å². The summed E-state index contributed by atoms with van der Waals surface area (Å²) in [6.07, 6.45) is 0.835. The maximum absolute atomic E-state index is 6.03. The van der Waals surface area contributed by atoms with Crippen LogP contribution in [-0.2, 0) is 4.74 Å². The molecule has 17 heavy (non-hydrogen) atoms. The van der Waals surface area contributed by atoms with Crippen LogP contribution in [0.15, 0.2) is 22.0 Å². The van der Waals surface area contributed by atoms with Crippen molar-refractivity contribution in [3.63, 3.8) is 0 Å². The van der Waals surface area contributed by atoms with E-state index in [0.29, 0.717) is 24.9 Å². The van der Waals surface area contributed by atoms with E-state index in [4.69, 9.17) is 15.0 Å². The molecule has 2 unspecified atom stereocenters. The van der Waals surface area contributed by atoms with Crippen LogP contribution in [0.25, 0.3) is 10.7 Å². The molecule has 0 radical (unpaired) electrons. The fourth-order valence-electron chi connectivity index (χ4n) is 1.90. The minimum Gasteiger partial charge on any atom is -0.381 e. The summed E-state index contributed by atoms with van der Waals surface area (Å²) < 4.78 is 10.7. The predicted octanol–water partition coefficient (Wildman–Crippen LogP) is 1.63. The van der Waals surface area contributed by atoms with Gasteiger partial charge in [0.05, 0.1) is 17.4 Å². The molecule has 0 amide bonds. The van der Waals surface area contributed by atoms with E-state index in [2.05, 4.69) is 10.1 Å². The van der Waals surface area contributed by atoms with Gasteiger partial charge in [-0.25, -0.2) is 0 Å². The van der Waals surface area contributed by atoms with Crippen LogP contribution in [-0.4, -0.2) is 29.4 Å². The minimum atomic E-state index is 0.0185. The van der Waals surface area contributed by atoms with Gasteiger partial charge in [0.2, 0.25) is 11.7 Å². The number of ether oxygens (including phenoxy) is 1.